The first-order chi connectivity index (χ1) is 18.1. The monoisotopic (exact) mass is 534 g/mol. The summed E-state index contributed by atoms with van der Waals surface area (Å²) >= 11 is 1.80. The number of hydrogen-bond donors (Lipinski definition) is 0. The molecule has 0 amide bonds. The van der Waals surface area contributed by atoms with Gasteiger partial charge >= 0.3 is 0 Å². The van der Waals surface area contributed by atoms with Crippen LogP contribution in [0.5, 0.6) is 0 Å². The van der Waals surface area contributed by atoms with Crippen LogP contribution in [0, 0.1) is 0 Å². The number of pyridine rings is 1. The van der Waals surface area contributed by atoms with Gasteiger partial charge < -0.3 is 4.90 Å². The normalized spacial score (nSPS) is 20.4. The summed E-state index contributed by atoms with van der Waals surface area (Å²) in [6.07, 6.45) is 6.63. The smallest absolute Gasteiger partial charge is 0.243 e. The van der Waals surface area contributed by atoms with E-state index in [2.05, 4.69) is 44.4 Å². The quantitative estimate of drug-likeness (QED) is 0.323. The van der Waals surface area contributed by atoms with Crippen LogP contribution in [-0.2, 0) is 10.0 Å². The maximum Gasteiger partial charge on any atom is 0.243 e. The predicted molar refractivity (Wildman–Crippen MR) is 153 cm³/mol. The number of benzene rings is 2. The third kappa shape index (κ3) is 5.00. The van der Waals surface area contributed by atoms with E-state index in [0.717, 1.165) is 70.3 Å². The Morgan fingerprint density at radius 1 is 0.865 bits per heavy atom. The van der Waals surface area contributed by atoms with E-state index in [4.69, 9.17) is 0 Å². The second-order valence-corrected chi connectivity index (χ2v) is 13.0. The molecule has 1 atom stereocenters. The van der Waals surface area contributed by atoms with E-state index in [9.17, 15) is 8.42 Å². The number of anilines is 1. The molecule has 2 saturated heterocycles. The molecule has 2 aromatic heterocycles. The lowest BCUT2D eigenvalue weighted by atomic mass is 10.1. The highest BCUT2D eigenvalue weighted by Crippen LogP contribution is 2.32. The molecule has 8 heteroatoms. The number of aromatic nitrogens is 1. The second kappa shape index (κ2) is 10.7. The molecule has 6 nitrogen and oxygen atoms in total. The van der Waals surface area contributed by atoms with Crippen molar-refractivity contribution in [3.8, 4) is 0 Å². The molecule has 0 saturated carbocycles. The Kier molecular flexibility index (Phi) is 7.16. The number of fused-ring (bicyclic) bond motifs is 2. The van der Waals surface area contributed by atoms with Gasteiger partial charge in [0.1, 0.15) is 0 Å². The second-order valence-electron chi connectivity index (χ2n) is 10.2. The van der Waals surface area contributed by atoms with Gasteiger partial charge in [-0.3, -0.25) is 9.88 Å². The first-order valence-electron chi connectivity index (χ1n) is 13.4. The molecule has 194 valence electrons. The maximum atomic E-state index is 14.0. The van der Waals surface area contributed by atoms with E-state index >= 15 is 0 Å². The Hall–Kier alpha value is -2.52. The van der Waals surface area contributed by atoms with Gasteiger partial charge in [0.05, 0.1) is 10.4 Å². The van der Waals surface area contributed by atoms with Crippen molar-refractivity contribution < 1.29 is 8.42 Å². The molecule has 4 aromatic rings. The van der Waals surface area contributed by atoms with E-state index in [0.29, 0.717) is 16.8 Å². The molecular formula is C29H34N4O2S2. The summed E-state index contributed by atoms with van der Waals surface area (Å²) in [5, 5.41) is 4.24. The van der Waals surface area contributed by atoms with E-state index in [1.165, 1.54) is 15.8 Å². The summed E-state index contributed by atoms with van der Waals surface area (Å²) < 4.78 is 31.1. The average Bonchev–Trinajstić information content (AvgIpc) is 3.29. The minimum Gasteiger partial charge on any atom is -0.368 e. The van der Waals surface area contributed by atoms with Crippen molar-refractivity contribution in [3.05, 3.63) is 66.2 Å². The van der Waals surface area contributed by atoms with Crippen molar-refractivity contribution in [2.75, 3.05) is 44.2 Å². The van der Waals surface area contributed by atoms with Crippen LogP contribution in [0.1, 0.15) is 32.1 Å². The van der Waals surface area contributed by atoms with Gasteiger partial charge in [-0.1, -0.05) is 25.0 Å². The molecular weight excluding hydrogens is 500 g/mol. The van der Waals surface area contributed by atoms with Gasteiger partial charge in [0, 0.05) is 66.1 Å². The molecule has 0 spiro atoms. The van der Waals surface area contributed by atoms with Crippen molar-refractivity contribution in [1.29, 1.82) is 0 Å². The highest BCUT2D eigenvalue weighted by molar-refractivity contribution is 7.89. The third-order valence-electron chi connectivity index (χ3n) is 7.98. The fourth-order valence-corrected chi connectivity index (χ4v) is 8.71. The van der Waals surface area contributed by atoms with Gasteiger partial charge in [0.25, 0.3) is 0 Å². The fraction of sp³-hybridized carbons (Fsp3) is 0.414. The topological polar surface area (TPSA) is 56.8 Å². The zero-order chi connectivity index (χ0) is 25.2. The summed E-state index contributed by atoms with van der Waals surface area (Å²) in [5.74, 6) is 0. The fourth-order valence-electron chi connectivity index (χ4n) is 5.98. The number of thiophene rings is 1. The number of hydrogen-bond acceptors (Lipinski definition) is 6. The van der Waals surface area contributed by atoms with Crippen molar-refractivity contribution in [1.82, 2.24) is 14.2 Å². The zero-order valence-electron chi connectivity index (χ0n) is 21.1. The van der Waals surface area contributed by atoms with Crippen LogP contribution in [-0.4, -0.2) is 67.9 Å². The maximum absolute atomic E-state index is 14.0. The summed E-state index contributed by atoms with van der Waals surface area (Å²) in [4.78, 5) is 9.79. The van der Waals surface area contributed by atoms with Crippen molar-refractivity contribution in [2.24, 2.45) is 0 Å². The predicted octanol–water partition coefficient (Wildman–Crippen LogP) is 5.60. The molecule has 0 radical (unpaired) electrons. The molecule has 0 aliphatic carbocycles. The van der Waals surface area contributed by atoms with Gasteiger partial charge in [-0.2, -0.15) is 4.31 Å². The summed E-state index contributed by atoms with van der Waals surface area (Å²) in [5.41, 5.74) is 2.06. The molecule has 37 heavy (non-hydrogen) atoms. The molecule has 2 aliphatic heterocycles. The lowest BCUT2D eigenvalue weighted by Crippen LogP contribution is -2.48. The SMILES string of the molecule is O=S(=O)(c1cccc2ncccc12)N1CCCCC[C@H]1CCN1CCN(c2cccc3sccc23)CC1. The minimum absolute atomic E-state index is 0.0389. The summed E-state index contributed by atoms with van der Waals surface area (Å²) in [7, 11) is -3.61. The first kappa shape index (κ1) is 24.8. The van der Waals surface area contributed by atoms with Crippen LogP contribution < -0.4 is 4.90 Å². The number of rotatable bonds is 6. The van der Waals surface area contributed by atoms with Crippen LogP contribution in [0.2, 0.25) is 0 Å². The number of nitrogens with zero attached hydrogens (tertiary/aromatic N) is 4. The summed E-state index contributed by atoms with van der Waals surface area (Å²) in [6, 6.07) is 18.0. The van der Waals surface area contributed by atoms with Gasteiger partial charge in [-0.05, 0) is 73.7 Å². The Morgan fingerprint density at radius 2 is 1.73 bits per heavy atom. The van der Waals surface area contributed by atoms with E-state index in [-0.39, 0.29) is 6.04 Å². The molecule has 2 aliphatic rings. The molecule has 6 rings (SSSR count). The molecule has 4 heterocycles. The zero-order valence-corrected chi connectivity index (χ0v) is 22.8. The van der Waals surface area contributed by atoms with Crippen LogP contribution in [0.25, 0.3) is 21.0 Å². The number of sulfonamides is 1. The van der Waals surface area contributed by atoms with Crippen LogP contribution >= 0.6 is 11.3 Å². The molecule has 2 fully saturated rings. The Bertz CT molecular complexity index is 1470. The van der Waals surface area contributed by atoms with Gasteiger partial charge in [0.2, 0.25) is 10.0 Å². The third-order valence-corrected chi connectivity index (χ3v) is 10.9. The standard InChI is InChI=1S/C29H34N4O2S2/c34-37(35,29-12-4-9-26-24(29)8-6-15-30-26)33-16-3-1-2-7-23(33)13-17-31-18-20-32(21-19-31)27-10-5-11-28-25(27)14-22-36-28/h4-6,8-12,14-15,22-23H,1-3,7,13,16-21H2/t23-/m0/s1. The largest absolute Gasteiger partial charge is 0.368 e. The lowest BCUT2D eigenvalue weighted by Gasteiger charge is -2.38. The Morgan fingerprint density at radius 3 is 2.62 bits per heavy atom. The van der Waals surface area contributed by atoms with Crippen LogP contribution in [0.4, 0.5) is 5.69 Å². The van der Waals surface area contributed by atoms with E-state index in [1.54, 1.807) is 23.6 Å². The van der Waals surface area contributed by atoms with Crippen LogP contribution in [0.15, 0.2) is 71.1 Å². The molecule has 2 aromatic carbocycles. The Balaban J connectivity index is 1.14. The van der Waals surface area contributed by atoms with E-state index in [1.807, 2.05) is 28.6 Å². The van der Waals surface area contributed by atoms with Gasteiger partial charge in [-0.25, -0.2) is 8.42 Å². The first-order valence-corrected chi connectivity index (χ1v) is 15.7. The highest BCUT2D eigenvalue weighted by Gasteiger charge is 2.34. The van der Waals surface area contributed by atoms with Crippen molar-refractivity contribution in [2.45, 2.75) is 43.0 Å². The van der Waals surface area contributed by atoms with Crippen molar-refractivity contribution in [3.63, 3.8) is 0 Å². The molecule has 0 N–H and O–H groups in total. The number of piperazine rings is 1. The summed E-state index contributed by atoms with van der Waals surface area (Å²) in [6.45, 7) is 5.56. The van der Waals surface area contributed by atoms with Gasteiger partial charge in [-0.15, -0.1) is 11.3 Å². The van der Waals surface area contributed by atoms with Crippen LogP contribution in [0.3, 0.4) is 0 Å². The van der Waals surface area contributed by atoms with E-state index < -0.39 is 10.0 Å². The van der Waals surface area contributed by atoms with Crippen molar-refractivity contribution >= 4 is 48.0 Å². The van der Waals surface area contributed by atoms with Gasteiger partial charge in [0.15, 0.2) is 0 Å². The molecule has 0 bridgehead atoms. The lowest BCUT2D eigenvalue weighted by molar-refractivity contribution is 0.218. The Labute approximate surface area is 223 Å². The molecule has 0 unspecified atom stereocenters. The minimum atomic E-state index is -3.61. The highest BCUT2D eigenvalue weighted by atomic mass is 32.2. The average molecular weight is 535 g/mol.